The van der Waals surface area contributed by atoms with E-state index in [0.717, 1.165) is 21.0 Å². The van der Waals surface area contributed by atoms with Gasteiger partial charge in [0.2, 0.25) is 11.8 Å². The van der Waals surface area contributed by atoms with Crippen molar-refractivity contribution in [1.29, 1.82) is 0 Å². The van der Waals surface area contributed by atoms with E-state index in [1.807, 2.05) is 53.2 Å². The molecule has 0 aliphatic heterocycles. The lowest BCUT2D eigenvalue weighted by Crippen LogP contribution is -2.48. The molecule has 8 nitrogen and oxygen atoms in total. The Morgan fingerprint density at radius 1 is 0.946 bits per heavy atom. The van der Waals surface area contributed by atoms with Crippen LogP contribution >= 0.6 is 22.7 Å². The molecule has 0 saturated heterocycles. The largest absolute Gasteiger partial charge is 0.755 e. The van der Waals surface area contributed by atoms with E-state index in [2.05, 4.69) is 15.4 Å². The molecule has 3 N–H and O–H groups in total. The maximum atomic E-state index is 13.4. The molecule has 0 bridgehead atoms. The Kier molecular flexibility index (Phi) is 9.18. The number of aromatic nitrogens is 1. The first-order valence-corrected chi connectivity index (χ1v) is 14.3. The van der Waals surface area contributed by atoms with Crippen molar-refractivity contribution in [3.05, 3.63) is 94.3 Å². The second-order valence-electron chi connectivity index (χ2n) is 8.30. The van der Waals surface area contributed by atoms with Crippen molar-refractivity contribution >= 4 is 51.4 Å². The van der Waals surface area contributed by atoms with Gasteiger partial charge in [-0.15, -0.1) is 22.7 Å². The first-order valence-electron chi connectivity index (χ1n) is 11.4. The molecule has 3 atom stereocenters. The molecule has 0 aliphatic carbocycles. The average molecular weight is 554 g/mol. The van der Waals surface area contributed by atoms with E-state index in [1.54, 1.807) is 35.6 Å². The van der Waals surface area contributed by atoms with Crippen molar-refractivity contribution in [2.75, 3.05) is 4.72 Å². The van der Waals surface area contributed by atoms with E-state index >= 15 is 0 Å². The third kappa shape index (κ3) is 7.80. The minimum atomic E-state index is -2.41. The minimum Gasteiger partial charge on any atom is -0.755 e. The fourth-order valence-electron chi connectivity index (χ4n) is 3.81. The molecule has 0 spiro atoms. The molecule has 0 fully saturated rings. The molecule has 0 saturated carbocycles. The first-order chi connectivity index (χ1) is 17.9. The Morgan fingerprint density at radius 3 is 2.32 bits per heavy atom. The highest BCUT2D eigenvalue weighted by atomic mass is 32.2. The highest BCUT2D eigenvalue weighted by molar-refractivity contribution is 7.80. The van der Waals surface area contributed by atoms with Gasteiger partial charge in [0.05, 0.1) is 16.6 Å². The molecule has 0 radical (unpaired) electrons. The molecular weight excluding hydrogens is 529 g/mol. The quantitative estimate of drug-likeness (QED) is 0.240. The van der Waals surface area contributed by atoms with Gasteiger partial charge in [0, 0.05) is 35.7 Å². The molecule has 1 unspecified atom stereocenters. The van der Waals surface area contributed by atoms with Crippen LogP contribution < -0.4 is 15.4 Å². The average Bonchev–Trinajstić information content (AvgIpc) is 3.57. The van der Waals surface area contributed by atoms with Crippen molar-refractivity contribution in [3.8, 4) is 9.88 Å². The van der Waals surface area contributed by atoms with Gasteiger partial charge in [-0.1, -0.05) is 48.5 Å². The van der Waals surface area contributed by atoms with E-state index in [-0.39, 0.29) is 11.8 Å². The van der Waals surface area contributed by atoms with E-state index in [1.165, 1.54) is 18.3 Å². The predicted molar refractivity (Wildman–Crippen MR) is 147 cm³/mol. The van der Waals surface area contributed by atoms with Crippen LogP contribution in [0.3, 0.4) is 0 Å². The predicted octanol–water partition coefficient (Wildman–Crippen LogP) is 4.23. The van der Waals surface area contributed by atoms with Crippen LogP contribution in [0.25, 0.3) is 9.88 Å². The third-order valence-electron chi connectivity index (χ3n) is 5.50. The highest BCUT2D eigenvalue weighted by Gasteiger charge is 2.25. The lowest BCUT2D eigenvalue weighted by molar-refractivity contribution is -0.128. The second-order valence-corrected chi connectivity index (χ2v) is 10.8. The maximum Gasteiger partial charge on any atom is 0.243 e. The number of nitrogens with zero attached hydrogens (tertiary/aromatic N) is 1. The topological polar surface area (TPSA) is 123 Å². The van der Waals surface area contributed by atoms with E-state index in [4.69, 9.17) is 4.98 Å². The van der Waals surface area contributed by atoms with E-state index in [9.17, 15) is 18.4 Å². The van der Waals surface area contributed by atoms with Gasteiger partial charge in [-0.2, -0.15) is 0 Å². The van der Waals surface area contributed by atoms with Gasteiger partial charge in [-0.25, -0.2) is 4.98 Å². The van der Waals surface area contributed by atoms with Crippen LogP contribution in [0.2, 0.25) is 0 Å². The monoisotopic (exact) mass is 553 g/mol. The molecular formula is C26H25N4O4S3-. The lowest BCUT2D eigenvalue weighted by atomic mass is 10.0. The second kappa shape index (κ2) is 12.7. The Bertz CT molecular complexity index is 1340. The standard InChI is InChI=1S/C26H26N4O4S3/c1-17(31)27-22(15-18-6-3-2-4-7-18)25(32)28-21(14-19-9-11-20(12-10-19)30-37(33)34)23-16-36-26(29-23)24-8-5-13-35-24/h2-13,16,21-22,30H,14-15H2,1H3,(H,27,31)(H,28,32)(H,33,34)/p-1/t21-,22-/m1/s1. The number of carbonyl (C=O) groups excluding carboxylic acids is 2. The van der Waals surface area contributed by atoms with Crippen LogP contribution in [0.15, 0.2) is 77.5 Å². The van der Waals surface area contributed by atoms with E-state index in [0.29, 0.717) is 24.2 Å². The Balaban J connectivity index is 1.58. The summed E-state index contributed by atoms with van der Waals surface area (Å²) in [5.41, 5.74) is 2.98. The van der Waals surface area contributed by atoms with Crippen LogP contribution in [0.4, 0.5) is 5.69 Å². The van der Waals surface area contributed by atoms with Crippen molar-refractivity contribution in [1.82, 2.24) is 15.6 Å². The lowest BCUT2D eigenvalue weighted by Gasteiger charge is -2.23. The van der Waals surface area contributed by atoms with Gasteiger partial charge < -0.3 is 19.9 Å². The molecule has 2 aromatic heterocycles. The summed E-state index contributed by atoms with van der Waals surface area (Å²) in [6.45, 7) is 1.39. The molecule has 37 heavy (non-hydrogen) atoms. The molecule has 11 heteroatoms. The number of amides is 2. The van der Waals surface area contributed by atoms with E-state index < -0.39 is 23.4 Å². The van der Waals surface area contributed by atoms with Gasteiger partial charge in [0.1, 0.15) is 11.0 Å². The number of anilines is 1. The number of rotatable bonds is 11. The van der Waals surface area contributed by atoms with Gasteiger partial charge in [0.25, 0.3) is 0 Å². The molecule has 2 heterocycles. The molecule has 0 aliphatic rings. The number of benzene rings is 2. The number of thiazole rings is 1. The smallest absolute Gasteiger partial charge is 0.243 e. The maximum absolute atomic E-state index is 13.4. The fourth-order valence-corrected chi connectivity index (χ4v) is 5.82. The zero-order chi connectivity index (χ0) is 26.2. The minimum absolute atomic E-state index is 0.292. The van der Waals surface area contributed by atoms with Crippen LogP contribution in [-0.2, 0) is 33.7 Å². The highest BCUT2D eigenvalue weighted by Crippen LogP contribution is 2.31. The van der Waals surface area contributed by atoms with Crippen molar-refractivity contribution < 1.29 is 18.4 Å². The number of hydrogen-bond acceptors (Lipinski definition) is 7. The van der Waals surface area contributed by atoms with Gasteiger partial charge >= 0.3 is 0 Å². The number of thiophene rings is 1. The molecule has 4 rings (SSSR count). The SMILES string of the molecule is CC(=O)N[C@H](Cc1ccccc1)C(=O)N[C@H](Cc1ccc(NS(=O)[O-])cc1)c1csc(-c2cccs2)n1. The van der Waals surface area contributed by atoms with Crippen LogP contribution in [0, 0.1) is 0 Å². The molecule has 4 aromatic rings. The third-order valence-corrected chi connectivity index (χ3v) is 7.80. The van der Waals surface area contributed by atoms with Gasteiger partial charge in [-0.05, 0) is 41.1 Å². The Labute approximate surface area is 225 Å². The zero-order valence-electron chi connectivity index (χ0n) is 19.9. The normalized spacial score (nSPS) is 13.4. The zero-order valence-corrected chi connectivity index (χ0v) is 22.3. The van der Waals surface area contributed by atoms with Crippen LogP contribution in [-0.4, -0.2) is 31.6 Å². The Morgan fingerprint density at radius 2 is 1.68 bits per heavy atom. The van der Waals surface area contributed by atoms with Crippen molar-refractivity contribution in [3.63, 3.8) is 0 Å². The first kappa shape index (κ1) is 26.7. The number of carbonyl (C=O) groups is 2. The summed E-state index contributed by atoms with van der Waals surface area (Å²) in [5, 5.41) is 10.6. The summed E-state index contributed by atoms with van der Waals surface area (Å²) in [4.78, 5) is 31.2. The Hall–Kier alpha value is -3.38. The summed E-state index contributed by atoms with van der Waals surface area (Å²) in [6, 6.07) is 19.2. The van der Waals surface area contributed by atoms with Gasteiger partial charge in [0.15, 0.2) is 0 Å². The summed E-state index contributed by atoms with van der Waals surface area (Å²) in [5.74, 6) is -0.602. The summed E-state index contributed by atoms with van der Waals surface area (Å²) < 4.78 is 24.1. The molecule has 2 aromatic carbocycles. The van der Waals surface area contributed by atoms with Crippen LogP contribution in [0.5, 0.6) is 0 Å². The van der Waals surface area contributed by atoms with Gasteiger partial charge in [-0.3, -0.25) is 13.8 Å². The number of hydrogen-bond donors (Lipinski definition) is 3. The molecule has 192 valence electrons. The summed E-state index contributed by atoms with van der Waals surface area (Å²) in [7, 11) is 0. The number of nitrogens with one attached hydrogen (secondary N) is 3. The molecule has 2 amide bonds. The fraction of sp³-hybridized carbons (Fsp3) is 0.192. The van der Waals surface area contributed by atoms with Crippen molar-refractivity contribution in [2.45, 2.75) is 31.8 Å². The van der Waals surface area contributed by atoms with Crippen molar-refractivity contribution in [2.24, 2.45) is 0 Å². The summed E-state index contributed by atoms with van der Waals surface area (Å²) >= 11 is 0.688. The van der Waals surface area contributed by atoms with Crippen LogP contribution in [0.1, 0.15) is 29.8 Å². The summed E-state index contributed by atoms with van der Waals surface area (Å²) in [6.07, 6.45) is 0.779.